The summed E-state index contributed by atoms with van der Waals surface area (Å²) >= 11 is 0. The molecule has 0 atom stereocenters. The van der Waals surface area contributed by atoms with Gasteiger partial charge in [-0.15, -0.1) is 0 Å². The van der Waals surface area contributed by atoms with Gasteiger partial charge in [-0.05, 0) is 12.1 Å². The molecule has 9 nitrogen and oxygen atoms in total. The monoisotopic (exact) mass is 366 g/mol. The summed E-state index contributed by atoms with van der Waals surface area (Å²) < 4.78 is 16.0. The van der Waals surface area contributed by atoms with Gasteiger partial charge in [0.15, 0.2) is 0 Å². The van der Waals surface area contributed by atoms with Crippen molar-refractivity contribution < 1.29 is 24.1 Å². The zero-order valence-electron chi connectivity index (χ0n) is 14.2. The van der Waals surface area contributed by atoms with Crippen molar-refractivity contribution in [1.82, 2.24) is 19.9 Å². The van der Waals surface area contributed by atoms with Crippen molar-refractivity contribution in [1.29, 1.82) is 0 Å². The van der Waals surface area contributed by atoms with Crippen LogP contribution < -0.4 is 9.47 Å². The first-order chi connectivity index (χ1) is 13.2. The Kier molecular flexibility index (Phi) is 4.27. The van der Waals surface area contributed by atoms with Gasteiger partial charge in [-0.3, -0.25) is 4.98 Å². The van der Waals surface area contributed by atoms with Gasteiger partial charge >= 0.3 is 6.16 Å². The number of benzene rings is 1. The number of fused-ring (bicyclic) bond motifs is 3. The van der Waals surface area contributed by atoms with E-state index in [0.717, 1.165) is 10.9 Å². The SMILES string of the molecule is COCc1c(OC(=O)O)ncc2[nH]c3cccc(Oc4cnccn4)c3c12. The van der Waals surface area contributed by atoms with E-state index in [1.165, 1.54) is 25.7 Å². The summed E-state index contributed by atoms with van der Waals surface area (Å²) in [5, 5.41) is 10.4. The van der Waals surface area contributed by atoms with Crippen molar-refractivity contribution in [2.45, 2.75) is 6.61 Å². The maximum Gasteiger partial charge on any atom is 0.512 e. The Morgan fingerprint density at radius 3 is 2.78 bits per heavy atom. The molecule has 0 aliphatic heterocycles. The van der Waals surface area contributed by atoms with Gasteiger partial charge < -0.3 is 24.3 Å². The molecular formula is C18H14N4O5. The highest BCUT2D eigenvalue weighted by Crippen LogP contribution is 2.39. The number of carbonyl (C=O) groups is 1. The van der Waals surface area contributed by atoms with Gasteiger partial charge in [0.05, 0.1) is 41.0 Å². The fraction of sp³-hybridized carbons (Fsp3) is 0.111. The summed E-state index contributed by atoms with van der Waals surface area (Å²) in [5.41, 5.74) is 1.99. The second-order valence-corrected chi connectivity index (χ2v) is 5.58. The predicted molar refractivity (Wildman–Crippen MR) is 95.1 cm³/mol. The molecule has 0 unspecified atom stereocenters. The number of carboxylic acid groups (broad SMARTS) is 1. The number of hydrogen-bond donors (Lipinski definition) is 2. The third-order valence-corrected chi connectivity index (χ3v) is 3.91. The highest BCUT2D eigenvalue weighted by atomic mass is 16.7. The van der Waals surface area contributed by atoms with Crippen LogP contribution in [0.15, 0.2) is 43.0 Å². The number of aromatic amines is 1. The van der Waals surface area contributed by atoms with E-state index in [4.69, 9.17) is 19.3 Å². The number of nitrogens with one attached hydrogen (secondary N) is 1. The van der Waals surface area contributed by atoms with Crippen LogP contribution in [0, 0.1) is 0 Å². The van der Waals surface area contributed by atoms with Gasteiger partial charge in [0.25, 0.3) is 0 Å². The zero-order valence-corrected chi connectivity index (χ0v) is 14.2. The average Bonchev–Trinajstić information content (AvgIpc) is 3.04. The number of pyridine rings is 1. The van der Waals surface area contributed by atoms with Crippen LogP contribution in [-0.4, -0.2) is 38.3 Å². The number of aromatic nitrogens is 4. The van der Waals surface area contributed by atoms with E-state index in [1.54, 1.807) is 12.3 Å². The topological polar surface area (TPSA) is 119 Å². The average molecular weight is 366 g/mol. The molecule has 136 valence electrons. The number of nitrogens with zero attached hydrogens (tertiary/aromatic N) is 3. The Morgan fingerprint density at radius 2 is 2.04 bits per heavy atom. The quantitative estimate of drug-likeness (QED) is 0.515. The number of ether oxygens (including phenoxy) is 3. The number of H-pyrrole nitrogens is 1. The summed E-state index contributed by atoms with van der Waals surface area (Å²) in [6.07, 6.45) is 4.65. The molecule has 0 radical (unpaired) electrons. The van der Waals surface area contributed by atoms with Crippen LogP contribution in [0.5, 0.6) is 17.5 Å². The lowest BCUT2D eigenvalue weighted by Crippen LogP contribution is -2.07. The minimum atomic E-state index is -1.45. The first-order valence-corrected chi connectivity index (χ1v) is 7.93. The Morgan fingerprint density at radius 1 is 1.15 bits per heavy atom. The van der Waals surface area contributed by atoms with Gasteiger partial charge in [-0.25, -0.2) is 14.8 Å². The Balaban J connectivity index is 1.97. The first kappa shape index (κ1) is 16.7. The van der Waals surface area contributed by atoms with Crippen LogP contribution in [0.25, 0.3) is 21.8 Å². The van der Waals surface area contributed by atoms with Crippen molar-refractivity contribution in [2.24, 2.45) is 0 Å². The summed E-state index contributed by atoms with van der Waals surface area (Å²) in [6, 6.07) is 5.51. The molecule has 9 heteroatoms. The lowest BCUT2D eigenvalue weighted by atomic mass is 10.1. The summed E-state index contributed by atoms with van der Waals surface area (Å²) in [5.74, 6) is 0.833. The summed E-state index contributed by atoms with van der Waals surface area (Å²) in [7, 11) is 1.51. The third kappa shape index (κ3) is 3.11. The van der Waals surface area contributed by atoms with Crippen molar-refractivity contribution >= 4 is 28.0 Å². The summed E-state index contributed by atoms with van der Waals surface area (Å²) in [4.78, 5) is 26.5. The molecule has 0 spiro atoms. The van der Waals surface area contributed by atoms with E-state index in [1.807, 2.05) is 12.1 Å². The van der Waals surface area contributed by atoms with Crippen molar-refractivity contribution in [2.75, 3.05) is 7.11 Å². The van der Waals surface area contributed by atoms with E-state index in [0.29, 0.717) is 28.1 Å². The second kappa shape index (κ2) is 6.89. The second-order valence-electron chi connectivity index (χ2n) is 5.58. The molecule has 0 aliphatic rings. The van der Waals surface area contributed by atoms with Gasteiger partial charge in [-0.1, -0.05) is 6.07 Å². The Hall–Kier alpha value is -3.72. The van der Waals surface area contributed by atoms with E-state index < -0.39 is 6.16 Å². The predicted octanol–water partition coefficient (Wildman–Crippen LogP) is 3.50. The summed E-state index contributed by atoms with van der Waals surface area (Å²) in [6.45, 7) is 0.110. The normalized spacial score (nSPS) is 11.0. The molecule has 3 heterocycles. The standard InChI is InChI=1S/C18H14N4O5/c1-25-9-10-15-12(7-21-17(10)27-18(23)24)22-11-3-2-4-13(16(11)15)26-14-8-19-5-6-20-14/h2-8,22H,9H2,1H3,(H,23,24). The lowest BCUT2D eigenvalue weighted by molar-refractivity contribution is 0.139. The van der Waals surface area contributed by atoms with Crippen LogP contribution in [-0.2, 0) is 11.3 Å². The smallest absolute Gasteiger partial charge is 0.449 e. The number of rotatable bonds is 5. The molecule has 4 rings (SSSR count). The maximum absolute atomic E-state index is 11.0. The molecule has 0 amide bonds. The first-order valence-electron chi connectivity index (χ1n) is 7.93. The molecule has 1 aromatic carbocycles. The minimum Gasteiger partial charge on any atom is -0.449 e. The van der Waals surface area contributed by atoms with Crippen LogP contribution in [0.1, 0.15) is 5.56 Å². The highest BCUT2D eigenvalue weighted by Gasteiger charge is 2.20. The van der Waals surface area contributed by atoms with Crippen LogP contribution in [0.3, 0.4) is 0 Å². The van der Waals surface area contributed by atoms with Crippen LogP contribution in [0.2, 0.25) is 0 Å². The number of hydrogen-bond acceptors (Lipinski definition) is 7. The molecule has 4 aromatic rings. The Labute approximate surface area is 152 Å². The van der Waals surface area contributed by atoms with Gasteiger partial charge in [0.1, 0.15) is 5.75 Å². The number of methoxy groups -OCH3 is 1. The molecular weight excluding hydrogens is 352 g/mol. The maximum atomic E-state index is 11.0. The molecule has 2 N–H and O–H groups in total. The van der Waals surface area contributed by atoms with Crippen molar-refractivity contribution in [3.05, 3.63) is 48.5 Å². The fourth-order valence-electron chi connectivity index (χ4n) is 2.94. The van der Waals surface area contributed by atoms with Crippen molar-refractivity contribution in [3.8, 4) is 17.5 Å². The lowest BCUT2D eigenvalue weighted by Gasteiger charge is -2.10. The molecule has 27 heavy (non-hydrogen) atoms. The third-order valence-electron chi connectivity index (χ3n) is 3.91. The van der Waals surface area contributed by atoms with Gasteiger partial charge in [0.2, 0.25) is 11.8 Å². The zero-order chi connectivity index (χ0) is 18.8. The van der Waals surface area contributed by atoms with Gasteiger partial charge in [0, 0.05) is 24.9 Å². The molecule has 3 aromatic heterocycles. The minimum absolute atomic E-state index is 0.0351. The van der Waals surface area contributed by atoms with Crippen molar-refractivity contribution in [3.63, 3.8) is 0 Å². The molecule has 0 saturated heterocycles. The van der Waals surface area contributed by atoms with Gasteiger partial charge in [-0.2, -0.15) is 0 Å². The van der Waals surface area contributed by atoms with Crippen LogP contribution >= 0.6 is 0 Å². The van der Waals surface area contributed by atoms with E-state index in [9.17, 15) is 4.79 Å². The van der Waals surface area contributed by atoms with E-state index >= 15 is 0 Å². The molecule has 0 saturated carbocycles. The molecule has 0 aliphatic carbocycles. The highest BCUT2D eigenvalue weighted by molar-refractivity contribution is 6.12. The largest absolute Gasteiger partial charge is 0.512 e. The fourth-order valence-corrected chi connectivity index (χ4v) is 2.94. The molecule has 0 bridgehead atoms. The molecule has 0 fully saturated rings. The van der Waals surface area contributed by atoms with E-state index in [-0.39, 0.29) is 12.5 Å². The Bertz CT molecular complexity index is 1130. The van der Waals surface area contributed by atoms with E-state index in [2.05, 4.69) is 19.9 Å². The van der Waals surface area contributed by atoms with Crippen LogP contribution in [0.4, 0.5) is 4.79 Å².